The van der Waals surface area contributed by atoms with E-state index < -0.39 is 0 Å². The van der Waals surface area contributed by atoms with Crippen LogP contribution in [0.5, 0.6) is 0 Å². The summed E-state index contributed by atoms with van der Waals surface area (Å²) in [5.41, 5.74) is 0.931. The van der Waals surface area contributed by atoms with Crippen LogP contribution in [0.25, 0.3) is 5.78 Å². The smallest absolute Gasteiger partial charge is 0.255 e. The van der Waals surface area contributed by atoms with E-state index >= 15 is 0 Å². The first-order chi connectivity index (χ1) is 8.50. The fourth-order valence-electron chi connectivity index (χ4n) is 1.89. The standard InChI is InChI=1S/C12H18ClN5/c1-8(2)5-6-17(4)11-9(3)10(13)16-12-14-7-15-18(11)12/h7-8H,5-6H2,1-4H3. The molecule has 0 saturated heterocycles. The van der Waals surface area contributed by atoms with Crippen LogP contribution in [0.3, 0.4) is 0 Å². The lowest BCUT2D eigenvalue weighted by Gasteiger charge is -2.22. The maximum Gasteiger partial charge on any atom is 0.255 e. The summed E-state index contributed by atoms with van der Waals surface area (Å²) in [7, 11) is 2.04. The van der Waals surface area contributed by atoms with E-state index in [-0.39, 0.29) is 0 Å². The molecule has 0 unspecified atom stereocenters. The van der Waals surface area contributed by atoms with E-state index in [2.05, 4.69) is 33.8 Å². The molecule has 18 heavy (non-hydrogen) atoms. The van der Waals surface area contributed by atoms with Crippen molar-refractivity contribution in [3.05, 3.63) is 17.0 Å². The highest BCUT2D eigenvalue weighted by Gasteiger charge is 2.15. The van der Waals surface area contributed by atoms with E-state index in [4.69, 9.17) is 11.6 Å². The van der Waals surface area contributed by atoms with Crippen LogP contribution < -0.4 is 4.90 Å². The van der Waals surface area contributed by atoms with Crippen LogP contribution in [0, 0.1) is 12.8 Å². The Morgan fingerprint density at radius 1 is 1.44 bits per heavy atom. The summed E-state index contributed by atoms with van der Waals surface area (Å²) in [5, 5.41) is 4.70. The number of rotatable bonds is 4. The van der Waals surface area contributed by atoms with Crippen molar-refractivity contribution in [1.82, 2.24) is 19.6 Å². The van der Waals surface area contributed by atoms with E-state index in [1.165, 1.54) is 6.33 Å². The molecule has 2 aromatic heterocycles. The Hall–Kier alpha value is -1.36. The minimum Gasteiger partial charge on any atom is -0.359 e. The molecule has 2 aromatic rings. The molecule has 0 amide bonds. The molecular formula is C12H18ClN5. The summed E-state index contributed by atoms with van der Waals surface area (Å²) >= 11 is 6.14. The minimum atomic E-state index is 0.488. The number of anilines is 1. The Morgan fingerprint density at radius 2 is 2.17 bits per heavy atom. The van der Waals surface area contributed by atoms with Gasteiger partial charge in [-0.25, -0.2) is 0 Å². The number of nitrogens with zero attached hydrogens (tertiary/aromatic N) is 5. The molecule has 0 radical (unpaired) electrons. The topological polar surface area (TPSA) is 46.3 Å². The van der Waals surface area contributed by atoms with Crippen molar-refractivity contribution >= 4 is 23.2 Å². The summed E-state index contributed by atoms with van der Waals surface area (Å²) in [6.07, 6.45) is 2.62. The van der Waals surface area contributed by atoms with Gasteiger partial charge >= 0.3 is 0 Å². The maximum absolute atomic E-state index is 6.14. The highest BCUT2D eigenvalue weighted by atomic mass is 35.5. The van der Waals surface area contributed by atoms with Crippen molar-refractivity contribution in [2.75, 3.05) is 18.5 Å². The molecule has 0 fully saturated rings. The van der Waals surface area contributed by atoms with Crippen LogP contribution >= 0.6 is 11.6 Å². The van der Waals surface area contributed by atoms with Crippen LogP contribution in [0.2, 0.25) is 5.15 Å². The average molecular weight is 268 g/mol. The zero-order valence-electron chi connectivity index (χ0n) is 11.2. The van der Waals surface area contributed by atoms with Gasteiger partial charge in [0.25, 0.3) is 5.78 Å². The third-order valence-corrected chi connectivity index (χ3v) is 3.34. The second-order valence-corrected chi connectivity index (χ2v) is 5.29. The lowest BCUT2D eigenvalue weighted by molar-refractivity contribution is 0.581. The predicted octanol–water partition coefficient (Wildman–Crippen LogP) is 2.57. The molecule has 0 spiro atoms. The van der Waals surface area contributed by atoms with E-state index in [0.29, 0.717) is 16.8 Å². The van der Waals surface area contributed by atoms with Gasteiger partial charge in [-0.2, -0.15) is 19.6 Å². The second-order valence-electron chi connectivity index (χ2n) is 4.93. The first-order valence-electron chi connectivity index (χ1n) is 6.07. The summed E-state index contributed by atoms with van der Waals surface area (Å²) in [6.45, 7) is 7.34. The van der Waals surface area contributed by atoms with Crippen molar-refractivity contribution in [3.63, 3.8) is 0 Å². The molecule has 0 aliphatic rings. The Bertz CT molecular complexity index is 549. The van der Waals surface area contributed by atoms with Crippen LogP contribution in [0.4, 0.5) is 5.82 Å². The lowest BCUT2D eigenvalue weighted by Crippen LogP contribution is -2.24. The van der Waals surface area contributed by atoms with E-state index in [9.17, 15) is 0 Å². The summed E-state index contributed by atoms with van der Waals surface area (Å²) < 4.78 is 1.74. The molecule has 0 aliphatic heterocycles. The van der Waals surface area contributed by atoms with Crippen molar-refractivity contribution in [3.8, 4) is 0 Å². The predicted molar refractivity (Wildman–Crippen MR) is 73.3 cm³/mol. The monoisotopic (exact) mass is 267 g/mol. The van der Waals surface area contributed by atoms with Crippen molar-refractivity contribution in [2.45, 2.75) is 27.2 Å². The zero-order chi connectivity index (χ0) is 13.3. The number of fused-ring (bicyclic) bond motifs is 1. The van der Waals surface area contributed by atoms with Gasteiger partial charge in [-0.05, 0) is 19.3 Å². The van der Waals surface area contributed by atoms with Gasteiger partial charge in [0.2, 0.25) is 0 Å². The molecule has 2 rings (SSSR count). The van der Waals surface area contributed by atoms with Crippen molar-refractivity contribution in [2.24, 2.45) is 5.92 Å². The van der Waals surface area contributed by atoms with Gasteiger partial charge in [0, 0.05) is 19.2 Å². The zero-order valence-corrected chi connectivity index (χ0v) is 11.9. The average Bonchev–Trinajstić information content (AvgIpc) is 2.74. The maximum atomic E-state index is 6.14. The molecule has 0 aliphatic carbocycles. The fourth-order valence-corrected chi connectivity index (χ4v) is 2.05. The highest BCUT2D eigenvalue weighted by Crippen LogP contribution is 2.25. The molecule has 5 nitrogen and oxygen atoms in total. The highest BCUT2D eigenvalue weighted by molar-refractivity contribution is 6.30. The molecule has 6 heteroatoms. The van der Waals surface area contributed by atoms with Gasteiger partial charge in [-0.3, -0.25) is 0 Å². The van der Waals surface area contributed by atoms with Gasteiger partial charge in [-0.1, -0.05) is 25.4 Å². The van der Waals surface area contributed by atoms with Crippen LogP contribution in [0.1, 0.15) is 25.8 Å². The first kappa shape index (κ1) is 13.1. The fraction of sp³-hybridized carbons (Fsp3) is 0.583. The molecule has 0 bridgehead atoms. The van der Waals surface area contributed by atoms with Crippen LogP contribution in [0.15, 0.2) is 6.33 Å². The van der Waals surface area contributed by atoms with Crippen LogP contribution in [-0.4, -0.2) is 33.2 Å². The Morgan fingerprint density at radius 3 is 2.83 bits per heavy atom. The number of aromatic nitrogens is 4. The van der Waals surface area contributed by atoms with Gasteiger partial charge in [0.05, 0.1) is 0 Å². The molecule has 0 saturated carbocycles. The summed E-state index contributed by atoms with van der Waals surface area (Å²) in [4.78, 5) is 10.4. The van der Waals surface area contributed by atoms with E-state index in [1.54, 1.807) is 4.52 Å². The normalized spacial score (nSPS) is 11.4. The summed E-state index contributed by atoms with van der Waals surface area (Å²) in [5.74, 6) is 2.16. The third-order valence-electron chi connectivity index (χ3n) is 2.98. The molecule has 0 atom stereocenters. The van der Waals surface area contributed by atoms with Gasteiger partial charge in [-0.15, -0.1) is 0 Å². The van der Waals surface area contributed by atoms with Crippen molar-refractivity contribution < 1.29 is 0 Å². The van der Waals surface area contributed by atoms with Gasteiger partial charge in [0.15, 0.2) is 0 Å². The Labute approximate surface area is 112 Å². The molecule has 2 heterocycles. The van der Waals surface area contributed by atoms with Crippen LogP contribution in [-0.2, 0) is 0 Å². The number of hydrogen-bond donors (Lipinski definition) is 0. The second kappa shape index (κ2) is 5.10. The van der Waals surface area contributed by atoms with E-state index in [1.807, 2.05) is 14.0 Å². The summed E-state index contributed by atoms with van der Waals surface area (Å²) in [6, 6.07) is 0. The third kappa shape index (κ3) is 2.41. The van der Waals surface area contributed by atoms with E-state index in [0.717, 1.165) is 24.3 Å². The molecule has 0 N–H and O–H groups in total. The Kier molecular flexibility index (Phi) is 3.71. The quantitative estimate of drug-likeness (QED) is 0.799. The minimum absolute atomic E-state index is 0.488. The molecule has 0 aromatic carbocycles. The van der Waals surface area contributed by atoms with Crippen molar-refractivity contribution in [1.29, 1.82) is 0 Å². The van der Waals surface area contributed by atoms with Gasteiger partial charge in [0.1, 0.15) is 17.3 Å². The molecular weight excluding hydrogens is 250 g/mol. The Balaban J connectivity index is 2.41. The number of hydrogen-bond acceptors (Lipinski definition) is 4. The SMILES string of the molecule is Cc1c(Cl)nc2ncnn2c1N(C)CCC(C)C. The number of halogens is 1. The molecule has 98 valence electrons. The largest absolute Gasteiger partial charge is 0.359 e. The van der Waals surface area contributed by atoms with Gasteiger partial charge < -0.3 is 4.90 Å². The lowest BCUT2D eigenvalue weighted by atomic mass is 10.1. The first-order valence-corrected chi connectivity index (χ1v) is 6.45.